The third-order valence-corrected chi connectivity index (χ3v) is 7.45. The number of carbonyl (C=O) groups is 3. The SMILES string of the molecule is CC(=O)N1CCCC1C(=O)N1CC(C)(O)CC1C(=O)NCc1ccc(-c2scnc2C)cc1. The van der Waals surface area contributed by atoms with Crippen molar-refractivity contribution in [1.82, 2.24) is 20.1 Å². The van der Waals surface area contributed by atoms with Crippen molar-refractivity contribution in [2.24, 2.45) is 0 Å². The van der Waals surface area contributed by atoms with Gasteiger partial charge < -0.3 is 20.2 Å². The lowest BCUT2D eigenvalue weighted by atomic mass is 10.0. The maximum atomic E-state index is 13.3. The number of aliphatic hydroxyl groups is 1. The molecule has 0 saturated carbocycles. The van der Waals surface area contributed by atoms with Crippen LogP contribution in [0.15, 0.2) is 29.8 Å². The first-order valence-electron chi connectivity index (χ1n) is 11.2. The Hall–Kier alpha value is -2.78. The Morgan fingerprint density at radius 1 is 1.21 bits per heavy atom. The second kappa shape index (κ2) is 9.23. The second-order valence-electron chi connectivity index (χ2n) is 9.24. The number of thiazole rings is 1. The number of hydrogen-bond donors (Lipinski definition) is 2. The van der Waals surface area contributed by atoms with Crippen molar-refractivity contribution in [2.75, 3.05) is 13.1 Å². The van der Waals surface area contributed by atoms with E-state index in [9.17, 15) is 19.5 Å². The normalized spacial score (nSPS) is 24.8. The minimum Gasteiger partial charge on any atom is -0.388 e. The number of hydrogen-bond acceptors (Lipinski definition) is 6. The predicted octanol–water partition coefficient (Wildman–Crippen LogP) is 2.10. The Morgan fingerprint density at radius 2 is 1.94 bits per heavy atom. The first-order chi connectivity index (χ1) is 15.7. The molecule has 1 aromatic carbocycles. The highest BCUT2D eigenvalue weighted by atomic mass is 32.1. The number of nitrogens with zero attached hydrogens (tertiary/aromatic N) is 3. The molecule has 2 aromatic rings. The molecule has 9 heteroatoms. The summed E-state index contributed by atoms with van der Waals surface area (Å²) in [6, 6.07) is 6.62. The summed E-state index contributed by atoms with van der Waals surface area (Å²) < 4.78 is 0. The Kier molecular flexibility index (Phi) is 6.54. The van der Waals surface area contributed by atoms with Gasteiger partial charge in [0.15, 0.2) is 0 Å². The number of nitrogens with one attached hydrogen (secondary N) is 1. The van der Waals surface area contributed by atoms with Gasteiger partial charge in [0.25, 0.3) is 0 Å². The monoisotopic (exact) mass is 470 g/mol. The van der Waals surface area contributed by atoms with Gasteiger partial charge in [-0.25, -0.2) is 4.98 Å². The zero-order valence-corrected chi connectivity index (χ0v) is 20.0. The van der Waals surface area contributed by atoms with E-state index in [0.717, 1.165) is 28.1 Å². The van der Waals surface area contributed by atoms with Gasteiger partial charge >= 0.3 is 0 Å². The van der Waals surface area contributed by atoms with E-state index in [1.54, 1.807) is 23.2 Å². The van der Waals surface area contributed by atoms with Crippen LogP contribution in [-0.2, 0) is 20.9 Å². The summed E-state index contributed by atoms with van der Waals surface area (Å²) in [4.78, 5) is 46.6. The number of aryl methyl sites for hydroxylation is 1. The molecule has 2 aliphatic heterocycles. The molecule has 3 amide bonds. The highest BCUT2D eigenvalue weighted by Gasteiger charge is 2.48. The number of benzene rings is 1. The molecule has 4 rings (SSSR count). The second-order valence-corrected chi connectivity index (χ2v) is 10.1. The fourth-order valence-electron chi connectivity index (χ4n) is 4.79. The van der Waals surface area contributed by atoms with Crippen LogP contribution in [0.5, 0.6) is 0 Å². The maximum absolute atomic E-state index is 13.3. The molecule has 0 aliphatic carbocycles. The van der Waals surface area contributed by atoms with Gasteiger partial charge in [-0.1, -0.05) is 24.3 Å². The van der Waals surface area contributed by atoms with E-state index in [1.165, 1.54) is 11.8 Å². The minimum absolute atomic E-state index is 0.0784. The van der Waals surface area contributed by atoms with Crippen LogP contribution in [0.4, 0.5) is 0 Å². The van der Waals surface area contributed by atoms with Crippen molar-refractivity contribution >= 4 is 29.1 Å². The molecule has 0 radical (unpaired) electrons. The fraction of sp³-hybridized carbons (Fsp3) is 0.500. The first kappa shape index (κ1) is 23.4. The van der Waals surface area contributed by atoms with Gasteiger partial charge in [0.1, 0.15) is 12.1 Å². The van der Waals surface area contributed by atoms with Crippen molar-refractivity contribution in [3.63, 3.8) is 0 Å². The molecule has 176 valence electrons. The molecule has 0 bridgehead atoms. The van der Waals surface area contributed by atoms with Crippen LogP contribution in [0.1, 0.15) is 44.4 Å². The van der Waals surface area contributed by atoms with E-state index in [4.69, 9.17) is 0 Å². The standard InChI is InChI=1S/C24H30N4O4S/c1-15-21(33-14-26-15)18-8-6-17(7-9-18)12-25-22(30)20-11-24(3,32)13-28(20)23(31)19-5-4-10-27(19)16(2)29/h6-9,14,19-20,32H,4-5,10-13H2,1-3H3,(H,25,30). The van der Waals surface area contributed by atoms with Crippen LogP contribution in [0.25, 0.3) is 10.4 Å². The zero-order chi connectivity index (χ0) is 23.8. The number of aromatic nitrogens is 1. The Balaban J connectivity index is 1.42. The van der Waals surface area contributed by atoms with Crippen molar-refractivity contribution < 1.29 is 19.5 Å². The van der Waals surface area contributed by atoms with E-state index in [-0.39, 0.29) is 30.7 Å². The number of likely N-dealkylation sites (tertiary alicyclic amines) is 2. The number of carbonyl (C=O) groups excluding carboxylic acids is 3. The molecule has 2 aliphatic rings. The van der Waals surface area contributed by atoms with Crippen LogP contribution < -0.4 is 5.32 Å². The molecule has 2 saturated heterocycles. The fourth-order valence-corrected chi connectivity index (χ4v) is 5.60. The molecular formula is C24H30N4O4S. The van der Waals surface area contributed by atoms with E-state index >= 15 is 0 Å². The van der Waals surface area contributed by atoms with Gasteiger partial charge in [0, 0.05) is 26.4 Å². The summed E-state index contributed by atoms with van der Waals surface area (Å²) in [7, 11) is 0. The highest BCUT2D eigenvalue weighted by Crippen LogP contribution is 2.31. The molecule has 2 fully saturated rings. The third-order valence-electron chi connectivity index (χ3n) is 6.48. The summed E-state index contributed by atoms with van der Waals surface area (Å²) in [6.45, 7) is 6.02. The molecule has 0 spiro atoms. The average molecular weight is 471 g/mol. The molecule has 2 N–H and O–H groups in total. The van der Waals surface area contributed by atoms with Crippen LogP contribution in [0, 0.1) is 6.92 Å². The van der Waals surface area contributed by atoms with Gasteiger partial charge in [-0.05, 0) is 37.8 Å². The van der Waals surface area contributed by atoms with E-state index in [2.05, 4.69) is 10.3 Å². The molecule has 1 aromatic heterocycles. The number of β-amino-alcohol motifs (C(OH)–C–C–N with tert-alkyl or cyclic N) is 1. The van der Waals surface area contributed by atoms with Gasteiger partial charge in [0.2, 0.25) is 17.7 Å². The topological polar surface area (TPSA) is 103 Å². The van der Waals surface area contributed by atoms with Crippen LogP contribution >= 0.6 is 11.3 Å². The Bertz CT molecular complexity index is 1050. The summed E-state index contributed by atoms with van der Waals surface area (Å²) >= 11 is 1.59. The van der Waals surface area contributed by atoms with Gasteiger partial charge in [-0.15, -0.1) is 11.3 Å². The van der Waals surface area contributed by atoms with Crippen molar-refractivity contribution in [1.29, 1.82) is 0 Å². The van der Waals surface area contributed by atoms with Crippen molar-refractivity contribution in [2.45, 2.75) is 64.3 Å². The third kappa shape index (κ3) is 4.94. The predicted molar refractivity (Wildman–Crippen MR) is 125 cm³/mol. The summed E-state index contributed by atoms with van der Waals surface area (Å²) in [6.07, 6.45) is 1.51. The van der Waals surface area contributed by atoms with E-state index in [0.29, 0.717) is 19.5 Å². The van der Waals surface area contributed by atoms with Crippen LogP contribution in [0.2, 0.25) is 0 Å². The average Bonchev–Trinajstić information content (AvgIpc) is 3.50. The van der Waals surface area contributed by atoms with E-state index < -0.39 is 17.7 Å². The largest absolute Gasteiger partial charge is 0.388 e. The molecule has 3 unspecified atom stereocenters. The van der Waals surface area contributed by atoms with Crippen LogP contribution in [-0.4, -0.2) is 68.4 Å². The summed E-state index contributed by atoms with van der Waals surface area (Å²) in [5.41, 5.74) is 3.69. The number of amides is 3. The van der Waals surface area contributed by atoms with Crippen LogP contribution in [0.3, 0.4) is 0 Å². The van der Waals surface area contributed by atoms with E-state index in [1.807, 2.05) is 36.7 Å². The molecular weight excluding hydrogens is 440 g/mol. The molecule has 3 heterocycles. The maximum Gasteiger partial charge on any atom is 0.246 e. The first-order valence-corrected chi connectivity index (χ1v) is 12.1. The van der Waals surface area contributed by atoms with Crippen molar-refractivity contribution in [3.8, 4) is 10.4 Å². The lowest BCUT2D eigenvalue weighted by Gasteiger charge is -2.30. The van der Waals surface area contributed by atoms with Crippen molar-refractivity contribution in [3.05, 3.63) is 41.0 Å². The van der Waals surface area contributed by atoms with Gasteiger partial charge in [-0.2, -0.15) is 0 Å². The molecule has 8 nitrogen and oxygen atoms in total. The summed E-state index contributed by atoms with van der Waals surface area (Å²) in [5.74, 6) is -0.699. The summed E-state index contributed by atoms with van der Waals surface area (Å²) in [5, 5.41) is 13.5. The quantitative estimate of drug-likeness (QED) is 0.697. The Labute approximate surface area is 197 Å². The molecule has 33 heavy (non-hydrogen) atoms. The molecule has 3 atom stereocenters. The highest BCUT2D eigenvalue weighted by molar-refractivity contribution is 7.13. The lowest BCUT2D eigenvalue weighted by molar-refractivity contribution is -0.146. The minimum atomic E-state index is -1.15. The number of rotatable bonds is 5. The zero-order valence-electron chi connectivity index (χ0n) is 19.2. The Morgan fingerprint density at radius 3 is 2.58 bits per heavy atom. The van der Waals surface area contributed by atoms with Gasteiger partial charge in [-0.3, -0.25) is 14.4 Å². The lowest BCUT2D eigenvalue weighted by Crippen LogP contribution is -2.52. The van der Waals surface area contributed by atoms with Gasteiger partial charge in [0.05, 0.1) is 28.2 Å². The smallest absolute Gasteiger partial charge is 0.246 e.